The van der Waals surface area contributed by atoms with Crippen molar-refractivity contribution in [2.24, 2.45) is 0 Å². The predicted molar refractivity (Wildman–Crippen MR) is 47.8 cm³/mol. The maximum Gasteiger partial charge on any atom is 0.0517 e. The Morgan fingerprint density at radius 2 is 2.50 bits per heavy atom. The van der Waals surface area contributed by atoms with Gasteiger partial charge in [-0.05, 0) is 18.2 Å². The van der Waals surface area contributed by atoms with E-state index < -0.39 is 0 Å². The number of rotatable bonds is 4. The lowest BCUT2D eigenvalue weighted by Crippen LogP contribution is -2.00. The number of aromatic amines is 1. The Kier molecular flexibility index (Phi) is 3.22. The molecule has 56 valence electrons. The Labute approximate surface area is 66.4 Å². The zero-order chi connectivity index (χ0) is 7.23. The molecule has 0 aromatic carbocycles. The van der Waals surface area contributed by atoms with E-state index in [9.17, 15) is 0 Å². The van der Waals surface area contributed by atoms with Gasteiger partial charge in [0, 0.05) is 18.9 Å². The molecule has 0 spiro atoms. The van der Waals surface area contributed by atoms with Crippen LogP contribution in [0.2, 0.25) is 0 Å². The first-order valence-corrected chi connectivity index (χ1v) is 4.04. The van der Waals surface area contributed by atoms with Crippen molar-refractivity contribution in [1.29, 1.82) is 0 Å². The lowest BCUT2D eigenvalue weighted by molar-refractivity contribution is 0.996. The van der Waals surface area contributed by atoms with Gasteiger partial charge in [-0.2, -0.15) is 12.6 Å². The summed E-state index contributed by atoms with van der Waals surface area (Å²) in [5, 5.41) is 3.25. The van der Waals surface area contributed by atoms with Gasteiger partial charge in [0.1, 0.15) is 0 Å². The number of thiol groups is 1. The molecular weight excluding hydrogens is 144 g/mol. The number of H-pyrrole nitrogens is 1. The molecule has 0 aliphatic carbocycles. The molecule has 2 N–H and O–H groups in total. The molecule has 1 aromatic heterocycles. The molecule has 0 saturated heterocycles. The first kappa shape index (κ1) is 7.54. The Morgan fingerprint density at radius 1 is 1.60 bits per heavy atom. The van der Waals surface area contributed by atoms with Crippen LogP contribution in [-0.4, -0.2) is 17.3 Å². The van der Waals surface area contributed by atoms with Gasteiger partial charge in [-0.15, -0.1) is 0 Å². The zero-order valence-corrected chi connectivity index (χ0v) is 6.70. The summed E-state index contributed by atoms with van der Waals surface area (Å²) in [6.07, 6.45) is 4.95. The highest BCUT2D eigenvalue weighted by atomic mass is 32.1. The molecule has 0 aliphatic heterocycles. The summed E-state index contributed by atoms with van der Waals surface area (Å²) in [5.74, 6) is 0.942. The number of anilines is 1. The van der Waals surface area contributed by atoms with E-state index in [0.29, 0.717) is 0 Å². The van der Waals surface area contributed by atoms with E-state index in [1.807, 2.05) is 18.5 Å². The van der Waals surface area contributed by atoms with Crippen LogP contribution in [-0.2, 0) is 0 Å². The summed E-state index contributed by atoms with van der Waals surface area (Å²) in [5.41, 5.74) is 1.15. The molecule has 10 heavy (non-hydrogen) atoms. The Balaban J connectivity index is 2.15. The van der Waals surface area contributed by atoms with Gasteiger partial charge in [0.2, 0.25) is 0 Å². The Hall–Kier alpha value is -0.570. The minimum Gasteiger partial charge on any atom is -0.384 e. The van der Waals surface area contributed by atoms with Crippen molar-refractivity contribution in [3.05, 3.63) is 18.5 Å². The molecule has 1 aromatic rings. The van der Waals surface area contributed by atoms with E-state index in [2.05, 4.69) is 22.9 Å². The van der Waals surface area contributed by atoms with Gasteiger partial charge >= 0.3 is 0 Å². The molecular formula is C7H12N2S. The van der Waals surface area contributed by atoms with Crippen molar-refractivity contribution < 1.29 is 0 Å². The highest BCUT2D eigenvalue weighted by Gasteiger charge is 1.87. The number of hydrogen-bond donors (Lipinski definition) is 3. The van der Waals surface area contributed by atoms with Crippen LogP contribution < -0.4 is 5.32 Å². The van der Waals surface area contributed by atoms with Crippen molar-refractivity contribution >= 4 is 18.3 Å². The van der Waals surface area contributed by atoms with Crippen LogP contribution in [0.1, 0.15) is 6.42 Å². The minimum absolute atomic E-state index is 0.942. The van der Waals surface area contributed by atoms with Crippen molar-refractivity contribution in [3.63, 3.8) is 0 Å². The van der Waals surface area contributed by atoms with Gasteiger partial charge in [-0.3, -0.25) is 0 Å². The molecule has 3 heteroatoms. The van der Waals surface area contributed by atoms with Crippen LogP contribution in [0.25, 0.3) is 0 Å². The SMILES string of the molecule is SCCCNc1cc[nH]c1. The lowest BCUT2D eigenvalue weighted by Gasteiger charge is -1.99. The zero-order valence-electron chi connectivity index (χ0n) is 5.80. The first-order valence-electron chi connectivity index (χ1n) is 3.41. The maximum atomic E-state index is 4.10. The third-order valence-electron chi connectivity index (χ3n) is 1.26. The fourth-order valence-corrected chi connectivity index (χ4v) is 0.904. The van der Waals surface area contributed by atoms with E-state index >= 15 is 0 Å². The molecule has 0 unspecified atom stereocenters. The van der Waals surface area contributed by atoms with Crippen LogP contribution >= 0.6 is 12.6 Å². The molecule has 0 fully saturated rings. The molecule has 0 amide bonds. The molecule has 1 heterocycles. The number of hydrogen-bond acceptors (Lipinski definition) is 2. The fourth-order valence-electron chi connectivity index (χ4n) is 0.746. The summed E-state index contributed by atoms with van der Waals surface area (Å²) in [4.78, 5) is 2.98. The second-order valence-electron chi connectivity index (χ2n) is 2.10. The van der Waals surface area contributed by atoms with Crippen LogP contribution in [0.3, 0.4) is 0 Å². The first-order chi connectivity index (χ1) is 4.93. The standard InChI is InChI=1S/C7H12N2S/c10-5-1-3-9-7-2-4-8-6-7/h2,4,6,8-10H,1,3,5H2. The lowest BCUT2D eigenvalue weighted by atomic mass is 10.4. The molecule has 0 aliphatic rings. The molecule has 0 bridgehead atoms. The van der Waals surface area contributed by atoms with E-state index in [1.165, 1.54) is 0 Å². The average molecular weight is 156 g/mol. The van der Waals surface area contributed by atoms with Crippen molar-refractivity contribution in [2.75, 3.05) is 17.6 Å². The smallest absolute Gasteiger partial charge is 0.0517 e. The van der Waals surface area contributed by atoms with Crippen molar-refractivity contribution in [1.82, 2.24) is 4.98 Å². The largest absolute Gasteiger partial charge is 0.384 e. The molecule has 0 atom stereocenters. The summed E-state index contributed by atoms with van der Waals surface area (Å²) in [7, 11) is 0. The van der Waals surface area contributed by atoms with Crippen molar-refractivity contribution in [3.8, 4) is 0 Å². The van der Waals surface area contributed by atoms with E-state index in [4.69, 9.17) is 0 Å². The van der Waals surface area contributed by atoms with Gasteiger partial charge in [-0.1, -0.05) is 0 Å². The third kappa shape index (κ3) is 2.35. The Morgan fingerprint density at radius 3 is 3.10 bits per heavy atom. The average Bonchev–Trinajstić information content (AvgIpc) is 2.41. The summed E-state index contributed by atoms with van der Waals surface area (Å²) >= 11 is 4.10. The van der Waals surface area contributed by atoms with Crippen LogP contribution in [0.15, 0.2) is 18.5 Å². The molecule has 1 rings (SSSR count). The molecule has 0 radical (unpaired) electrons. The van der Waals surface area contributed by atoms with Gasteiger partial charge in [0.05, 0.1) is 5.69 Å². The molecule has 2 nitrogen and oxygen atoms in total. The van der Waals surface area contributed by atoms with Gasteiger partial charge in [0.15, 0.2) is 0 Å². The van der Waals surface area contributed by atoms with Gasteiger partial charge < -0.3 is 10.3 Å². The number of nitrogens with one attached hydrogen (secondary N) is 2. The number of aromatic nitrogens is 1. The monoisotopic (exact) mass is 156 g/mol. The van der Waals surface area contributed by atoms with Crippen LogP contribution in [0.4, 0.5) is 5.69 Å². The van der Waals surface area contributed by atoms with Crippen LogP contribution in [0, 0.1) is 0 Å². The fraction of sp³-hybridized carbons (Fsp3) is 0.429. The van der Waals surface area contributed by atoms with Crippen molar-refractivity contribution in [2.45, 2.75) is 6.42 Å². The van der Waals surface area contributed by atoms with Crippen LogP contribution in [0.5, 0.6) is 0 Å². The van der Waals surface area contributed by atoms with Gasteiger partial charge in [-0.25, -0.2) is 0 Å². The third-order valence-corrected chi connectivity index (χ3v) is 1.58. The normalized spacial score (nSPS) is 9.70. The second-order valence-corrected chi connectivity index (χ2v) is 2.55. The Bertz CT molecular complexity index is 160. The minimum atomic E-state index is 0.942. The quantitative estimate of drug-likeness (QED) is 0.449. The van der Waals surface area contributed by atoms with E-state index in [-0.39, 0.29) is 0 Å². The highest BCUT2D eigenvalue weighted by Crippen LogP contribution is 2.02. The topological polar surface area (TPSA) is 27.8 Å². The summed E-state index contributed by atoms with van der Waals surface area (Å²) < 4.78 is 0. The second kappa shape index (κ2) is 4.28. The highest BCUT2D eigenvalue weighted by molar-refractivity contribution is 7.80. The molecule has 0 saturated carbocycles. The van der Waals surface area contributed by atoms with Gasteiger partial charge in [0.25, 0.3) is 0 Å². The van der Waals surface area contributed by atoms with E-state index in [0.717, 1.165) is 24.4 Å². The van der Waals surface area contributed by atoms with E-state index in [1.54, 1.807) is 0 Å². The summed E-state index contributed by atoms with van der Waals surface area (Å²) in [6, 6.07) is 2.01. The summed E-state index contributed by atoms with van der Waals surface area (Å²) in [6.45, 7) is 1.00. The maximum absolute atomic E-state index is 4.10. The predicted octanol–water partition coefficient (Wildman–Crippen LogP) is 1.75.